The Kier molecular flexibility index (Phi) is 6.80. The van der Waals surface area contributed by atoms with E-state index in [9.17, 15) is 9.18 Å². The maximum atomic E-state index is 13.2. The number of piperidine rings is 1. The average Bonchev–Trinajstić information content (AvgIpc) is 2.52. The second-order valence-corrected chi connectivity index (χ2v) is 5.69. The summed E-state index contributed by atoms with van der Waals surface area (Å²) >= 11 is 0. The van der Waals surface area contributed by atoms with Crippen LogP contribution in [0.25, 0.3) is 0 Å². The number of amides is 1. The van der Waals surface area contributed by atoms with Crippen LogP contribution in [0.1, 0.15) is 25.3 Å². The number of likely N-dealkylation sites (tertiary alicyclic amines) is 1. The molecule has 0 radical (unpaired) electrons. The molecule has 4 nitrogen and oxygen atoms in total. The highest BCUT2D eigenvalue weighted by atomic mass is 19.1. The Morgan fingerprint density at radius 3 is 3.14 bits per heavy atom. The van der Waals surface area contributed by atoms with Crippen molar-refractivity contribution in [3.8, 4) is 0 Å². The molecule has 5 heteroatoms. The van der Waals surface area contributed by atoms with Gasteiger partial charge in [-0.3, -0.25) is 9.69 Å². The van der Waals surface area contributed by atoms with Gasteiger partial charge in [0, 0.05) is 26.2 Å². The summed E-state index contributed by atoms with van der Waals surface area (Å²) in [6.45, 7) is 6.11. The van der Waals surface area contributed by atoms with Gasteiger partial charge in [-0.05, 0) is 44.0 Å². The van der Waals surface area contributed by atoms with E-state index in [0.717, 1.165) is 31.5 Å². The number of carbonyl (C=O) groups is 1. The summed E-state index contributed by atoms with van der Waals surface area (Å²) in [5, 5.41) is 2.93. The molecule has 1 aromatic rings. The fourth-order valence-electron chi connectivity index (χ4n) is 2.84. The first-order valence-corrected chi connectivity index (χ1v) is 8.01. The summed E-state index contributed by atoms with van der Waals surface area (Å²) in [6, 6.07) is 6.67. The smallest absolute Gasteiger partial charge is 0.224 e. The zero-order valence-corrected chi connectivity index (χ0v) is 13.2. The first kappa shape index (κ1) is 16.9. The second kappa shape index (κ2) is 8.86. The number of carbonyl (C=O) groups excluding carboxylic acids is 1. The van der Waals surface area contributed by atoms with Crippen molar-refractivity contribution in [1.82, 2.24) is 10.2 Å². The Morgan fingerprint density at radius 2 is 2.36 bits per heavy atom. The quantitative estimate of drug-likeness (QED) is 0.785. The average molecular weight is 308 g/mol. The van der Waals surface area contributed by atoms with Gasteiger partial charge in [0.15, 0.2) is 0 Å². The summed E-state index contributed by atoms with van der Waals surface area (Å²) < 4.78 is 18.5. The van der Waals surface area contributed by atoms with Crippen LogP contribution >= 0.6 is 0 Å². The fraction of sp³-hybridized carbons (Fsp3) is 0.588. The van der Waals surface area contributed by atoms with E-state index in [1.165, 1.54) is 6.07 Å². The van der Waals surface area contributed by atoms with Crippen LogP contribution in [0.5, 0.6) is 0 Å². The van der Waals surface area contributed by atoms with Crippen molar-refractivity contribution in [2.45, 2.75) is 26.3 Å². The van der Waals surface area contributed by atoms with E-state index in [1.807, 2.05) is 13.0 Å². The van der Waals surface area contributed by atoms with E-state index in [4.69, 9.17) is 4.74 Å². The van der Waals surface area contributed by atoms with Crippen LogP contribution in [0.3, 0.4) is 0 Å². The Hall–Kier alpha value is -1.46. The summed E-state index contributed by atoms with van der Waals surface area (Å²) in [6.07, 6.45) is 1.92. The third-order valence-electron chi connectivity index (χ3n) is 3.92. The molecule has 0 aliphatic carbocycles. The van der Waals surface area contributed by atoms with Crippen LogP contribution in [0.15, 0.2) is 24.3 Å². The van der Waals surface area contributed by atoms with Gasteiger partial charge < -0.3 is 10.1 Å². The van der Waals surface area contributed by atoms with Crippen LogP contribution in [-0.2, 0) is 16.1 Å². The van der Waals surface area contributed by atoms with E-state index in [0.29, 0.717) is 26.3 Å². The molecule has 0 aromatic heterocycles. The Labute approximate surface area is 131 Å². The van der Waals surface area contributed by atoms with Crippen molar-refractivity contribution in [3.05, 3.63) is 35.6 Å². The third kappa shape index (κ3) is 5.39. The van der Waals surface area contributed by atoms with Gasteiger partial charge in [-0.25, -0.2) is 4.39 Å². The molecule has 1 heterocycles. The minimum atomic E-state index is -0.209. The molecule has 2 rings (SSSR count). The Balaban J connectivity index is 1.79. The number of nitrogens with one attached hydrogen (secondary N) is 1. The van der Waals surface area contributed by atoms with E-state index in [-0.39, 0.29) is 17.6 Å². The number of halogens is 1. The van der Waals surface area contributed by atoms with Gasteiger partial charge in [0.1, 0.15) is 5.82 Å². The largest absolute Gasteiger partial charge is 0.380 e. The topological polar surface area (TPSA) is 41.6 Å². The van der Waals surface area contributed by atoms with Crippen LogP contribution < -0.4 is 5.32 Å². The number of nitrogens with zero attached hydrogens (tertiary/aromatic N) is 1. The summed E-state index contributed by atoms with van der Waals surface area (Å²) in [5.41, 5.74) is 0.956. The van der Waals surface area contributed by atoms with Crippen molar-refractivity contribution in [2.24, 2.45) is 5.92 Å². The molecular formula is C17H25FN2O2. The Bertz CT molecular complexity index is 481. The number of benzene rings is 1. The monoisotopic (exact) mass is 308 g/mol. The molecule has 0 bridgehead atoms. The van der Waals surface area contributed by atoms with E-state index in [2.05, 4.69) is 10.2 Å². The highest BCUT2D eigenvalue weighted by molar-refractivity contribution is 5.78. The standard InChI is InChI=1S/C17H25FN2O2/c1-2-22-10-8-19-17(21)15-6-4-9-20(13-15)12-14-5-3-7-16(18)11-14/h3,5,7,11,15H,2,4,6,8-10,12-13H2,1H3,(H,19,21)/t15-/m0/s1. The molecule has 1 aromatic carbocycles. The number of rotatable bonds is 7. The number of hydrogen-bond acceptors (Lipinski definition) is 3. The van der Waals surface area contributed by atoms with Crippen molar-refractivity contribution in [3.63, 3.8) is 0 Å². The van der Waals surface area contributed by atoms with Gasteiger partial charge in [0.2, 0.25) is 5.91 Å². The lowest BCUT2D eigenvalue weighted by atomic mass is 9.96. The highest BCUT2D eigenvalue weighted by Gasteiger charge is 2.25. The van der Waals surface area contributed by atoms with Crippen LogP contribution in [0.4, 0.5) is 4.39 Å². The molecule has 22 heavy (non-hydrogen) atoms. The van der Waals surface area contributed by atoms with Gasteiger partial charge in [0.25, 0.3) is 0 Å². The lowest BCUT2D eigenvalue weighted by Gasteiger charge is -2.32. The minimum absolute atomic E-state index is 0.0175. The van der Waals surface area contributed by atoms with Crippen LogP contribution in [-0.4, -0.2) is 43.7 Å². The molecule has 122 valence electrons. The van der Waals surface area contributed by atoms with Gasteiger partial charge in [-0.2, -0.15) is 0 Å². The maximum absolute atomic E-state index is 13.2. The normalized spacial score (nSPS) is 19.1. The van der Waals surface area contributed by atoms with Gasteiger partial charge in [0.05, 0.1) is 12.5 Å². The predicted molar refractivity (Wildman–Crippen MR) is 83.9 cm³/mol. The fourth-order valence-corrected chi connectivity index (χ4v) is 2.84. The molecule has 1 atom stereocenters. The molecular weight excluding hydrogens is 283 g/mol. The Morgan fingerprint density at radius 1 is 1.50 bits per heavy atom. The SMILES string of the molecule is CCOCCNC(=O)[C@H]1CCCN(Cc2cccc(F)c2)C1. The van der Waals surface area contributed by atoms with E-state index < -0.39 is 0 Å². The predicted octanol–water partition coefficient (Wildman–Crippen LogP) is 2.19. The second-order valence-electron chi connectivity index (χ2n) is 5.69. The summed E-state index contributed by atoms with van der Waals surface area (Å²) in [7, 11) is 0. The number of ether oxygens (including phenoxy) is 1. The summed E-state index contributed by atoms with van der Waals surface area (Å²) in [4.78, 5) is 14.4. The van der Waals surface area contributed by atoms with E-state index in [1.54, 1.807) is 12.1 Å². The number of hydrogen-bond donors (Lipinski definition) is 1. The molecule has 1 saturated heterocycles. The lowest BCUT2D eigenvalue weighted by molar-refractivity contribution is -0.127. The molecule has 1 aliphatic rings. The van der Waals surface area contributed by atoms with Crippen molar-refractivity contribution in [2.75, 3.05) is 32.8 Å². The van der Waals surface area contributed by atoms with Crippen LogP contribution in [0.2, 0.25) is 0 Å². The summed E-state index contributed by atoms with van der Waals surface area (Å²) in [5.74, 6) is -0.0905. The first-order valence-electron chi connectivity index (χ1n) is 8.01. The van der Waals surface area contributed by atoms with Gasteiger partial charge in [-0.15, -0.1) is 0 Å². The van der Waals surface area contributed by atoms with Gasteiger partial charge >= 0.3 is 0 Å². The zero-order chi connectivity index (χ0) is 15.8. The van der Waals surface area contributed by atoms with Crippen molar-refractivity contribution in [1.29, 1.82) is 0 Å². The third-order valence-corrected chi connectivity index (χ3v) is 3.92. The molecule has 1 N–H and O–H groups in total. The van der Waals surface area contributed by atoms with Crippen molar-refractivity contribution < 1.29 is 13.9 Å². The van der Waals surface area contributed by atoms with Crippen LogP contribution in [0, 0.1) is 11.7 Å². The lowest BCUT2D eigenvalue weighted by Crippen LogP contribution is -2.43. The molecule has 0 spiro atoms. The molecule has 1 fully saturated rings. The zero-order valence-electron chi connectivity index (χ0n) is 13.2. The first-order chi connectivity index (χ1) is 10.7. The van der Waals surface area contributed by atoms with E-state index >= 15 is 0 Å². The minimum Gasteiger partial charge on any atom is -0.380 e. The molecule has 1 amide bonds. The molecule has 0 unspecified atom stereocenters. The maximum Gasteiger partial charge on any atom is 0.224 e. The van der Waals surface area contributed by atoms with Gasteiger partial charge in [-0.1, -0.05) is 12.1 Å². The highest BCUT2D eigenvalue weighted by Crippen LogP contribution is 2.19. The van der Waals surface area contributed by atoms with Crippen molar-refractivity contribution >= 4 is 5.91 Å². The molecule has 0 saturated carbocycles. The molecule has 1 aliphatic heterocycles.